The highest BCUT2D eigenvalue weighted by atomic mass is 35.5. The van der Waals surface area contributed by atoms with Crippen LogP contribution in [-0.4, -0.2) is 15.7 Å². The molecule has 156 valence electrons. The van der Waals surface area contributed by atoms with Gasteiger partial charge in [-0.3, -0.25) is 4.79 Å². The number of aromatic nitrogens is 2. The molecular formula is C26H24ClN3O. The molecule has 0 spiro atoms. The SMILES string of the molecule is CC[C@H](C(=O)Nc1cc(-c2ccc(Cl)cc2)nn1-c1ccc(C)cc1)c1ccccc1. The van der Waals surface area contributed by atoms with Gasteiger partial charge in [0.1, 0.15) is 5.82 Å². The van der Waals surface area contributed by atoms with Crippen molar-refractivity contribution in [2.75, 3.05) is 5.32 Å². The monoisotopic (exact) mass is 429 g/mol. The molecule has 31 heavy (non-hydrogen) atoms. The molecule has 3 aromatic carbocycles. The Kier molecular flexibility index (Phi) is 6.19. The van der Waals surface area contributed by atoms with Crippen molar-refractivity contribution < 1.29 is 4.79 Å². The first-order valence-electron chi connectivity index (χ1n) is 10.3. The molecule has 0 radical (unpaired) electrons. The molecule has 0 unspecified atom stereocenters. The van der Waals surface area contributed by atoms with E-state index in [9.17, 15) is 4.79 Å². The predicted octanol–water partition coefficient (Wildman–Crippen LogP) is 6.63. The van der Waals surface area contributed by atoms with Crippen molar-refractivity contribution in [1.29, 1.82) is 0 Å². The van der Waals surface area contributed by atoms with Gasteiger partial charge in [-0.15, -0.1) is 0 Å². The van der Waals surface area contributed by atoms with Gasteiger partial charge in [0.25, 0.3) is 0 Å². The molecule has 0 fully saturated rings. The van der Waals surface area contributed by atoms with E-state index in [4.69, 9.17) is 16.7 Å². The van der Waals surface area contributed by atoms with E-state index in [0.29, 0.717) is 17.3 Å². The van der Waals surface area contributed by atoms with E-state index >= 15 is 0 Å². The summed E-state index contributed by atoms with van der Waals surface area (Å²) in [7, 11) is 0. The van der Waals surface area contributed by atoms with Crippen LogP contribution in [0.15, 0.2) is 84.9 Å². The summed E-state index contributed by atoms with van der Waals surface area (Å²) >= 11 is 6.04. The number of hydrogen-bond donors (Lipinski definition) is 1. The molecule has 0 aliphatic carbocycles. The Bertz CT molecular complexity index is 1170. The molecule has 1 N–H and O–H groups in total. The Morgan fingerprint density at radius 1 is 1.00 bits per heavy atom. The molecule has 0 bridgehead atoms. The lowest BCUT2D eigenvalue weighted by Crippen LogP contribution is -2.22. The second-order valence-corrected chi connectivity index (χ2v) is 7.97. The van der Waals surface area contributed by atoms with Crippen LogP contribution in [0.2, 0.25) is 5.02 Å². The third-order valence-corrected chi connectivity index (χ3v) is 5.56. The van der Waals surface area contributed by atoms with Gasteiger partial charge in [-0.2, -0.15) is 5.10 Å². The average molecular weight is 430 g/mol. The minimum atomic E-state index is -0.235. The smallest absolute Gasteiger partial charge is 0.233 e. The number of carbonyl (C=O) groups excluding carboxylic acids is 1. The van der Waals surface area contributed by atoms with Crippen molar-refractivity contribution in [2.24, 2.45) is 0 Å². The molecule has 1 amide bonds. The topological polar surface area (TPSA) is 46.9 Å². The van der Waals surface area contributed by atoms with Gasteiger partial charge in [0.05, 0.1) is 17.3 Å². The molecule has 0 saturated heterocycles. The summed E-state index contributed by atoms with van der Waals surface area (Å²) in [6.07, 6.45) is 0.707. The maximum absolute atomic E-state index is 13.2. The molecule has 0 aliphatic heterocycles. The lowest BCUT2D eigenvalue weighted by molar-refractivity contribution is -0.117. The number of nitrogens with one attached hydrogen (secondary N) is 1. The van der Waals surface area contributed by atoms with E-state index in [0.717, 1.165) is 28.1 Å². The number of amides is 1. The zero-order chi connectivity index (χ0) is 21.8. The Morgan fingerprint density at radius 2 is 1.68 bits per heavy atom. The van der Waals surface area contributed by atoms with Gasteiger partial charge in [0.2, 0.25) is 5.91 Å². The first-order valence-corrected chi connectivity index (χ1v) is 10.7. The zero-order valence-corrected chi connectivity index (χ0v) is 18.3. The summed E-state index contributed by atoms with van der Waals surface area (Å²) in [4.78, 5) is 13.2. The van der Waals surface area contributed by atoms with Crippen molar-refractivity contribution in [3.63, 3.8) is 0 Å². The van der Waals surface area contributed by atoms with Crippen molar-refractivity contribution in [2.45, 2.75) is 26.2 Å². The summed E-state index contributed by atoms with van der Waals surface area (Å²) in [6.45, 7) is 4.06. The van der Waals surface area contributed by atoms with Crippen LogP contribution in [0.4, 0.5) is 5.82 Å². The fraction of sp³-hybridized carbons (Fsp3) is 0.154. The highest BCUT2D eigenvalue weighted by Gasteiger charge is 2.21. The molecule has 0 saturated carbocycles. The quantitative estimate of drug-likeness (QED) is 0.373. The van der Waals surface area contributed by atoms with E-state index in [1.807, 2.05) is 98.8 Å². The normalized spacial score (nSPS) is 11.8. The van der Waals surface area contributed by atoms with Gasteiger partial charge < -0.3 is 5.32 Å². The second-order valence-electron chi connectivity index (χ2n) is 7.53. The number of benzene rings is 3. The van der Waals surface area contributed by atoms with Gasteiger partial charge in [-0.25, -0.2) is 4.68 Å². The molecule has 1 atom stereocenters. The fourth-order valence-corrected chi connectivity index (χ4v) is 3.71. The number of hydrogen-bond acceptors (Lipinski definition) is 2. The summed E-state index contributed by atoms with van der Waals surface area (Å²) in [5.41, 5.74) is 4.74. The summed E-state index contributed by atoms with van der Waals surface area (Å²) in [5, 5.41) is 8.56. The number of carbonyl (C=O) groups is 1. The maximum Gasteiger partial charge on any atom is 0.233 e. The summed E-state index contributed by atoms with van der Waals surface area (Å²) < 4.78 is 1.78. The van der Waals surface area contributed by atoms with E-state index in [1.165, 1.54) is 0 Å². The third kappa shape index (κ3) is 4.70. The molecular weight excluding hydrogens is 406 g/mol. The van der Waals surface area contributed by atoms with E-state index < -0.39 is 0 Å². The highest BCUT2D eigenvalue weighted by molar-refractivity contribution is 6.30. The van der Waals surface area contributed by atoms with E-state index in [2.05, 4.69) is 5.32 Å². The summed E-state index contributed by atoms with van der Waals surface area (Å²) in [5.74, 6) is 0.347. The number of aryl methyl sites for hydroxylation is 1. The van der Waals surface area contributed by atoms with Crippen LogP contribution >= 0.6 is 11.6 Å². The molecule has 4 rings (SSSR count). The lowest BCUT2D eigenvalue weighted by atomic mass is 9.96. The van der Waals surface area contributed by atoms with Crippen molar-refractivity contribution in [3.05, 3.63) is 101 Å². The van der Waals surface area contributed by atoms with E-state index in [1.54, 1.807) is 4.68 Å². The first-order chi connectivity index (χ1) is 15.0. The van der Waals surface area contributed by atoms with Crippen molar-refractivity contribution in [3.8, 4) is 16.9 Å². The number of rotatable bonds is 6. The Morgan fingerprint density at radius 3 is 2.32 bits per heavy atom. The van der Waals surface area contributed by atoms with Gasteiger partial charge in [-0.1, -0.05) is 78.7 Å². The van der Waals surface area contributed by atoms with Crippen LogP contribution in [0, 0.1) is 6.92 Å². The predicted molar refractivity (Wildman–Crippen MR) is 127 cm³/mol. The van der Waals surface area contributed by atoms with Gasteiger partial charge in [-0.05, 0) is 43.2 Å². The Balaban J connectivity index is 1.71. The molecule has 1 heterocycles. The summed E-state index contributed by atoms with van der Waals surface area (Å²) in [6, 6.07) is 27.3. The molecule has 4 aromatic rings. The fourth-order valence-electron chi connectivity index (χ4n) is 3.59. The first kappa shape index (κ1) is 20.9. The Hall–Kier alpha value is -3.37. The lowest BCUT2D eigenvalue weighted by Gasteiger charge is -2.16. The number of anilines is 1. The van der Waals surface area contributed by atoms with Crippen LogP contribution in [0.3, 0.4) is 0 Å². The van der Waals surface area contributed by atoms with Crippen LogP contribution in [0.1, 0.15) is 30.4 Å². The molecule has 4 nitrogen and oxygen atoms in total. The standard InChI is InChI=1S/C26H24ClN3O/c1-3-23(19-7-5-4-6-8-19)26(31)28-25-17-24(20-11-13-21(27)14-12-20)29-30(25)22-15-9-18(2)10-16-22/h4-17,23H,3H2,1-2H3,(H,28,31)/t23-/m0/s1. The van der Waals surface area contributed by atoms with Crippen LogP contribution in [-0.2, 0) is 4.79 Å². The number of halogens is 1. The number of nitrogens with zero attached hydrogens (tertiary/aromatic N) is 2. The van der Waals surface area contributed by atoms with Gasteiger partial charge >= 0.3 is 0 Å². The minimum absolute atomic E-state index is 0.0513. The Labute approximate surface area is 187 Å². The average Bonchev–Trinajstić information content (AvgIpc) is 3.19. The third-order valence-electron chi connectivity index (χ3n) is 5.31. The molecule has 1 aromatic heterocycles. The van der Waals surface area contributed by atoms with E-state index in [-0.39, 0.29) is 11.8 Å². The van der Waals surface area contributed by atoms with Crippen molar-refractivity contribution >= 4 is 23.3 Å². The second kappa shape index (κ2) is 9.19. The largest absolute Gasteiger partial charge is 0.310 e. The van der Waals surface area contributed by atoms with Crippen molar-refractivity contribution in [1.82, 2.24) is 9.78 Å². The van der Waals surface area contributed by atoms with Gasteiger partial charge in [0.15, 0.2) is 0 Å². The van der Waals surface area contributed by atoms with Crippen LogP contribution < -0.4 is 5.32 Å². The van der Waals surface area contributed by atoms with Gasteiger partial charge in [0, 0.05) is 16.7 Å². The molecule has 0 aliphatic rings. The molecule has 5 heteroatoms. The maximum atomic E-state index is 13.2. The van der Waals surface area contributed by atoms with Crippen LogP contribution in [0.5, 0.6) is 0 Å². The highest BCUT2D eigenvalue weighted by Crippen LogP contribution is 2.28. The van der Waals surface area contributed by atoms with Crippen LogP contribution in [0.25, 0.3) is 16.9 Å². The zero-order valence-electron chi connectivity index (χ0n) is 17.5. The minimum Gasteiger partial charge on any atom is -0.310 e.